The van der Waals surface area contributed by atoms with E-state index in [4.69, 9.17) is 21.8 Å². The number of alkyl halides is 3. The maximum atomic E-state index is 10.7. The van der Waals surface area contributed by atoms with Gasteiger partial charge < -0.3 is 49.0 Å². The summed E-state index contributed by atoms with van der Waals surface area (Å²) in [6, 6.07) is 7.06. The van der Waals surface area contributed by atoms with Crippen molar-refractivity contribution in [2.75, 3.05) is 13.2 Å². The van der Waals surface area contributed by atoms with Crippen LogP contribution in [0.2, 0.25) is 0 Å². The van der Waals surface area contributed by atoms with Gasteiger partial charge in [0, 0.05) is 23.6 Å². The van der Waals surface area contributed by atoms with Gasteiger partial charge in [0.05, 0.1) is 0 Å². The molecule has 1 heterocycles. The molecule has 0 spiro atoms. The first-order valence-corrected chi connectivity index (χ1v) is 17.2. The number of aryl methyl sites for hydroxylation is 4. The number of imidazole rings is 1. The Bertz CT molecular complexity index is 1370. The Morgan fingerprint density at radius 1 is 0.818 bits per heavy atom. The molecule has 0 saturated carbocycles. The second-order valence-electron chi connectivity index (χ2n) is 9.13. The van der Waals surface area contributed by atoms with Crippen LogP contribution in [0.15, 0.2) is 43.0 Å². The predicted octanol–water partition coefficient (Wildman–Crippen LogP) is -2.10. The van der Waals surface area contributed by atoms with Crippen molar-refractivity contribution < 1.29 is 75.2 Å². The zero-order chi connectivity index (χ0) is 31.6. The van der Waals surface area contributed by atoms with Crippen LogP contribution in [0.1, 0.15) is 36.1 Å². The third-order valence-corrected chi connectivity index (χ3v) is 9.89. The molecule has 0 bridgehead atoms. The van der Waals surface area contributed by atoms with Crippen LogP contribution in [0, 0.1) is 27.7 Å². The van der Waals surface area contributed by atoms with Gasteiger partial charge in [0.2, 0.25) is 0 Å². The summed E-state index contributed by atoms with van der Waals surface area (Å²) in [5.74, 6) is 0. The second kappa shape index (κ2) is 16.1. The van der Waals surface area contributed by atoms with Crippen LogP contribution in [-0.2, 0) is 19.0 Å². The van der Waals surface area contributed by atoms with Gasteiger partial charge in [-0.25, -0.2) is 17.6 Å². The number of hydrogen-bond acceptors (Lipinski definition) is 9. The van der Waals surface area contributed by atoms with E-state index in [1.807, 2.05) is 55.6 Å². The highest BCUT2D eigenvalue weighted by atomic mass is 32.2. The van der Waals surface area contributed by atoms with Gasteiger partial charge in [0.25, 0.3) is 6.33 Å². The Morgan fingerprint density at radius 2 is 1.16 bits per heavy atom. The van der Waals surface area contributed by atoms with E-state index >= 15 is 0 Å². The molecule has 20 heteroatoms. The lowest BCUT2D eigenvalue weighted by Crippen LogP contribution is -2.52. The lowest BCUT2D eigenvalue weighted by atomic mass is 10.1. The van der Waals surface area contributed by atoms with Gasteiger partial charge in [0.15, 0.2) is 10.1 Å². The number of rotatable bonds is 8. The maximum absolute atomic E-state index is 10.7. The third kappa shape index (κ3) is 10.2. The highest BCUT2D eigenvalue weighted by molar-refractivity contribution is 7.86. The van der Waals surface area contributed by atoms with Crippen LogP contribution in [0.5, 0.6) is 0 Å². The molecule has 14 nitrogen and oxygen atoms in total. The number of hydrogen-bond donors (Lipinski definition) is 4. The Hall–Kier alpha value is -2.58. The second-order valence-corrected chi connectivity index (χ2v) is 14.7. The van der Waals surface area contributed by atoms with Crippen molar-refractivity contribution >= 4 is 38.1 Å². The molecule has 1 aromatic heterocycles. The summed E-state index contributed by atoms with van der Waals surface area (Å²) >= 11 is 0. The first kappa shape index (κ1) is 43.6. The minimum atomic E-state index is -6.09. The molecule has 0 radical (unpaired) electrons. The average molecular weight is 693 g/mol. The topological polar surface area (TPSA) is 260 Å². The summed E-state index contributed by atoms with van der Waals surface area (Å²) in [4.78, 5) is 41.4. The van der Waals surface area contributed by atoms with Gasteiger partial charge in [0.1, 0.15) is 23.8 Å². The van der Waals surface area contributed by atoms with Crippen LogP contribution < -0.4 is 14.9 Å². The van der Waals surface area contributed by atoms with E-state index in [0.717, 1.165) is 33.6 Å². The van der Waals surface area contributed by atoms with Gasteiger partial charge in [-0.05, 0) is 88.1 Å². The minimum Gasteiger partial charge on any atom is -0.741 e. The molecule has 3 rings (SSSR count). The van der Waals surface area contributed by atoms with Crippen LogP contribution >= 0.6 is 0 Å². The average Bonchev–Trinajstić information content (AvgIpc) is 3.26. The van der Waals surface area contributed by atoms with Gasteiger partial charge in [-0.3, -0.25) is 0 Å². The molecular formula is C24H39F3N2O12SSi2. The van der Waals surface area contributed by atoms with E-state index in [1.165, 1.54) is 0 Å². The van der Waals surface area contributed by atoms with Gasteiger partial charge in [-0.15, -0.1) is 0 Å². The molecule has 2 aromatic carbocycles. The van der Waals surface area contributed by atoms with Crippen molar-refractivity contribution in [3.05, 3.63) is 65.2 Å². The molecule has 0 aliphatic carbocycles. The molecule has 10 N–H and O–H groups in total. The smallest absolute Gasteiger partial charge is 0.531 e. The van der Waals surface area contributed by atoms with E-state index in [-0.39, 0.29) is 29.6 Å². The van der Waals surface area contributed by atoms with Crippen molar-refractivity contribution in [2.24, 2.45) is 0 Å². The molecule has 252 valence electrons. The Labute approximate surface area is 254 Å². The fourth-order valence-corrected chi connectivity index (χ4v) is 7.05. The van der Waals surface area contributed by atoms with Crippen LogP contribution in [-0.4, -0.2) is 89.5 Å². The Morgan fingerprint density at radius 3 is 1.48 bits per heavy atom. The Balaban J connectivity index is 0. The standard InChI is InChI=1S/C23H33N2O6Si2.CHF3O3S.3H2O/c1-7-30-32(26,27)20-11-16(3)22(17(4)12-20)24-9-10-25(15-24)23-18(5)13-21(14-19(23)6)33(28,29)31-8-2;2-1(3,4)8(5,6)7;;;/h9-15,26-29H,7-8H2,1-6H3;(H,5,6,7);3*1H2/q+1;;;;/p-1. The molecule has 0 amide bonds. The molecule has 0 aliphatic rings. The maximum Gasteiger partial charge on any atom is 0.531 e. The third-order valence-electron chi connectivity index (χ3n) is 5.86. The fraction of sp³-hybridized carbons (Fsp3) is 0.375. The SMILES string of the molecule is CCO[Si](O)(O)c1cc(C)c(-n2cc[n+](-c3c(C)cc([Si](O)(O)OCC)cc3C)c2)c(C)c1.O.O.O.O=S(=O)([O-])C(F)(F)F. The summed E-state index contributed by atoms with van der Waals surface area (Å²) in [6.07, 6.45) is 5.81. The molecule has 0 aliphatic heterocycles. The summed E-state index contributed by atoms with van der Waals surface area (Å²) in [7, 11) is -13.9. The zero-order valence-corrected chi connectivity index (χ0v) is 27.5. The summed E-state index contributed by atoms with van der Waals surface area (Å²) in [5, 5.41) is 0.834. The van der Waals surface area contributed by atoms with Crippen molar-refractivity contribution in [1.82, 2.24) is 4.57 Å². The number of aromatic nitrogens is 2. The van der Waals surface area contributed by atoms with E-state index in [1.54, 1.807) is 38.1 Å². The minimum absolute atomic E-state index is 0. The number of benzene rings is 2. The van der Waals surface area contributed by atoms with E-state index in [9.17, 15) is 32.4 Å². The van der Waals surface area contributed by atoms with Crippen molar-refractivity contribution in [1.29, 1.82) is 0 Å². The largest absolute Gasteiger partial charge is 0.741 e. The van der Waals surface area contributed by atoms with Crippen LogP contribution in [0.3, 0.4) is 0 Å². The predicted molar refractivity (Wildman–Crippen MR) is 156 cm³/mol. The number of nitrogens with zero attached hydrogens (tertiary/aromatic N) is 2. The molecule has 0 unspecified atom stereocenters. The lowest BCUT2D eigenvalue weighted by molar-refractivity contribution is -0.595. The highest BCUT2D eigenvalue weighted by Crippen LogP contribution is 2.21. The summed E-state index contributed by atoms with van der Waals surface area (Å²) in [5.41, 5.74) is -0.187. The van der Waals surface area contributed by atoms with Crippen molar-refractivity contribution in [3.8, 4) is 11.4 Å². The summed E-state index contributed by atoms with van der Waals surface area (Å²) in [6.45, 7) is 11.6. The Kier molecular flexibility index (Phi) is 16.0. The lowest BCUT2D eigenvalue weighted by Gasteiger charge is -2.19. The van der Waals surface area contributed by atoms with Crippen molar-refractivity contribution in [2.45, 2.75) is 47.1 Å². The molecule has 44 heavy (non-hydrogen) atoms. The van der Waals surface area contributed by atoms with E-state index < -0.39 is 33.2 Å². The van der Waals surface area contributed by atoms with Gasteiger partial charge in [-0.1, -0.05) is 0 Å². The monoisotopic (exact) mass is 692 g/mol. The van der Waals surface area contributed by atoms with E-state index in [0.29, 0.717) is 10.4 Å². The first-order chi connectivity index (χ1) is 18.7. The first-order valence-electron chi connectivity index (χ1n) is 12.2. The highest BCUT2D eigenvalue weighted by Gasteiger charge is 2.38. The van der Waals surface area contributed by atoms with Gasteiger partial charge >= 0.3 is 23.1 Å². The molecule has 0 saturated heterocycles. The zero-order valence-electron chi connectivity index (χ0n) is 24.7. The van der Waals surface area contributed by atoms with Crippen LogP contribution in [0.4, 0.5) is 13.2 Å². The molecule has 3 aromatic rings. The molecular weight excluding hydrogens is 653 g/mol. The summed E-state index contributed by atoms with van der Waals surface area (Å²) < 4.78 is 73.3. The van der Waals surface area contributed by atoms with E-state index in [2.05, 4.69) is 0 Å². The molecule has 0 fully saturated rings. The van der Waals surface area contributed by atoms with Crippen molar-refractivity contribution in [3.63, 3.8) is 0 Å². The number of halogens is 3. The quantitative estimate of drug-likeness (QED) is 0.0871. The van der Waals surface area contributed by atoms with Crippen LogP contribution in [0.25, 0.3) is 11.4 Å². The fourth-order valence-electron chi connectivity index (χ4n) is 4.29. The molecule has 0 atom stereocenters. The normalized spacial score (nSPS) is 11.9. The van der Waals surface area contributed by atoms with Gasteiger partial charge in [-0.2, -0.15) is 13.2 Å².